The number of carboxylic acid groups (broad SMARTS) is 1. The normalized spacial score (nSPS) is 24.1. The molecule has 0 saturated carbocycles. The largest absolute Gasteiger partial charge is 0.481 e. The van der Waals surface area contributed by atoms with Crippen molar-refractivity contribution >= 4 is 11.8 Å². The highest BCUT2D eigenvalue weighted by atomic mass is 16.4. The van der Waals surface area contributed by atoms with Crippen LogP contribution < -0.4 is 4.90 Å². The number of nitrogens with zero attached hydrogens (tertiary/aromatic N) is 3. The van der Waals surface area contributed by atoms with Gasteiger partial charge in [-0.15, -0.1) is 0 Å². The molecule has 1 unspecified atom stereocenters. The monoisotopic (exact) mass is 249 g/mol. The Balaban J connectivity index is 2.28. The maximum absolute atomic E-state index is 11.3. The second-order valence-electron chi connectivity index (χ2n) is 5.31. The summed E-state index contributed by atoms with van der Waals surface area (Å²) in [5.74, 6) is 0.0904. The highest BCUT2D eigenvalue weighted by Crippen LogP contribution is 2.32. The smallest absolute Gasteiger partial charge is 0.311 e. The average molecular weight is 249 g/mol. The summed E-state index contributed by atoms with van der Waals surface area (Å²) in [6, 6.07) is 0. The van der Waals surface area contributed by atoms with Crippen LogP contribution in [0.25, 0.3) is 0 Å². The van der Waals surface area contributed by atoms with Crippen molar-refractivity contribution in [1.82, 2.24) is 9.97 Å². The van der Waals surface area contributed by atoms with Gasteiger partial charge in [-0.1, -0.05) is 0 Å². The molecule has 0 aliphatic carbocycles. The first-order valence-corrected chi connectivity index (χ1v) is 6.21. The molecule has 1 aliphatic rings. The summed E-state index contributed by atoms with van der Waals surface area (Å²) in [6.45, 7) is 6.97. The average Bonchev–Trinajstić information content (AvgIpc) is 2.32. The molecule has 1 aliphatic heterocycles. The molecular weight excluding hydrogens is 230 g/mol. The summed E-state index contributed by atoms with van der Waals surface area (Å²) < 4.78 is 0. The third-order valence-corrected chi connectivity index (χ3v) is 3.56. The summed E-state index contributed by atoms with van der Waals surface area (Å²) in [6.07, 6.45) is 3.33. The highest BCUT2D eigenvalue weighted by molar-refractivity contribution is 5.75. The van der Waals surface area contributed by atoms with Crippen LogP contribution in [0.15, 0.2) is 6.20 Å². The number of carboxylic acids is 1. The van der Waals surface area contributed by atoms with E-state index in [2.05, 4.69) is 9.97 Å². The number of hydrogen-bond donors (Lipinski definition) is 1. The molecule has 98 valence electrons. The summed E-state index contributed by atoms with van der Waals surface area (Å²) in [4.78, 5) is 22.2. The quantitative estimate of drug-likeness (QED) is 0.865. The molecule has 0 radical (unpaired) electrons. The molecule has 1 fully saturated rings. The van der Waals surface area contributed by atoms with Gasteiger partial charge in [-0.3, -0.25) is 9.78 Å². The fourth-order valence-electron chi connectivity index (χ4n) is 2.42. The molecular formula is C13H19N3O2. The first kappa shape index (κ1) is 12.8. The van der Waals surface area contributed by atoms with Gasteiger partial charge in [0.05, 0.1) is 16.8 Å². The van der Waals surface area contributed by atoms with E-state index in [0.717, 1.165) is 36.6 Å². The number of rotatable bonds is 2. The molecule has 1 saturated heterocycles. The van der Waals surface area contributed by atoms with E-state index in [4.69, 9.17) is 0 Å². The molecule has 5 nitrogen and oxygen atoms in total. The molecule has 1 aromatic rings. The van der Waals surface area contributed by atoms with Gasteiger partial charge in [0.2, 0.25) is 0 Å². The topological polar surface area (TPSA) is 66.3 Å². The van der Waals surface area contributed by atoms with Crippen LogP contribution in [0.3, 0.4) is 0 Å². The fourth-order valence-corrected chi connectivity index (χ4v) is 2.42. The van der Waals surface area contributed by atoms with Crippen molar-refractivity contribution in [3.05, 3.63) is 17.6 Å². The van der Waals surface area contributed by atoms with Crippen LogP contribution in [-0.4, -0.2) is 34.1 Å². The minimum Gasteiger partial charge on any atom is -0.481 e. The third kappa shape index (κ3) is 2.30. The van der Waals surface area contributed by atoms with Gasteiger partial charge in [0.25, 0.3) is 0 Å². The zero-order chi connectivity index (χ0) is 13.3. The summed E-state index contributed by atoms with van der Waals surface area (Å²) in [5, 5.41) is 9.32. The molecule has 2 rings (SSSR count). The predicted molar refractivity (Wildman–Crippen MR) is 68.7 cm³/mol. The Bertz CT molecular complexity index is 475. The number of aromatic nitrogens is 2. The number of aliphatic carboxylic acids is 1. The zero-order valence-corrected chi connectivity index (χ0v) is 11.1. The van der Waals surface area contributed by atoms with Gasteiger partial charge in [0.15, 0.2) is 0 Å². The standard InChI is InChI=1S/C13H19N3O2/c1-9-7-14-10(2)11(15-9)16-6-4-5-13(3,8-16)12(17)18/h7H,4-6,8H2,1-3H3,(H,17,18). The minimum absolute atomic E-state index is 0.501. The van der Waals surface area contributed by atoms with Crippen LogP contribution >= 0.6 is 0 Å². The molecule has 0 aromatic carbocycles. The lowest BCUT2D eigenvalue weighted by molar-refractivity contribution is -0.148. The van der Waals surface area contributed by atoms with Crippen LogP contribution in [0.1, 0.15) is 31.2 Å². The lowest BCUT2D eigenvalue weighted by Gasteiger charge is -2.38. The van der Waals surface area contributed by atoms with E-state index < -0.39 is 11.4 Å². The molecule has 1 aromatic heterocycles. The van der Waals surface area contributed by atoms with Gasteiger partial charge in [-0.2, -0.15) is 0 Å². The number of aryl methyl sites for hydroxylation is 2. The van der Waals surface area contributed by atoms with E-state index in [1.54, 1.807) is 13.1 Å². The third-order valence-electron chi connectivity index (χ3n) is 3.56. The molecule has 0 bridgehead atoms. The second-order valence-corrected chi connectivity index (χ2v) is 5.31. The molecule has 0 amide bonds. The van der Waals surface area contributed by atoms with Crippen molar-refractivity contribution < 1.29 is 9.90 Å². The van der Waals surface area contributed by atoms with Crippen LogP contribution in [0.5, 0.6) is 0 Å². The van der Waals surface area contributed by atoms with Crippen LogP contribution in [0.2, 0.25) is 0 Å². The predicted octanol–water partition coefficient (Wildman–Crippen LogP) is 1.78. The summed E-state index contributed by atoms with van der Waals surface area (Å²) in [7, 11) is 0. The molecule has 1 N–H and O–H groups in total. The van der Waals surface area contributed by atoms with Crippen molar-refractivity contribution in [3.63, 3.8) is 0 Å². The zero-order valence-electron chi connectivity index (χ0n) is 11.1. The Kier molecular flexibility index (Phi) is 3.24. The van der Waals surface area contributed by atoms with Crippen molar-refractivity contribution in [2.24, 2.45) is 5.41 Å². The van der Waals surface area contributed by atoms with Crippen molar-refractivity contribution in [3.8, 4) is 0 Å². The molecule has 5 heteroatoms. The Hall–Kier alpha value is -1.65. The first-order valence-electron chi connectivity index (χ1n) is 6.21. The van der Waals surface area contributed by atoms with Crippen LogP contribution in [0.4, 0.5) is 5.82 Å². The molecule has 18 heavy (non-hydrogen) atoms. The molecule has 1 atom stereocenters. The van der Waals surface area contributed by atoms with E-state index in [-0.39, 0.29) is 0 Å². The van der Waals surface area contributed by atoms with Gasteiger partial charge < -0.3 is 10.0 Å². The SMILES string of the molecule is Cc1cnc(C)c(N2CCCC(C)(C(=O)O)C2)n1. The maximum atomic E-state index is 11.3. The van der Waals surface area contributed by atoms with Crippen molar-refractivity contribution in [2.45, 2.75) is 33.6 Å². The summed E-state index contributed by atoms with van der Waals surface area (Å²) in [5.41, 5.74) is 1.03. The van der Waals surface area contributed by atoms with Gasteiger partial charge in [-0.25, -0.2) is 4.98 Å². The van der Waals surface area contributed by atoms with E-state index in [1.807, 2.05) is 18.7 Å². The second kappa shape index (κ2) is 4.55. The van der Waals surface area contributed by atoms with Gasteiger partial charge in [-0.05, 0) is 33.6 Å². The number of anilines is 1. The van der Waals surface area contributed by atoms with Gasteiger partial charge >= 0.3 is 5.97 Å². The Morgan fingerprint density at radius 1 is 1.50 bits per heavy atom. The highest BCUT2D eigenvalue weighted by Gasteiger charge is 2.38. The van der Waals surface area contributed by atoms with Crippen molar-refractivity contribution in [2.75, 3.05) is 18.0 Å². The lowest BCUT2D eigenvalue weighted by Crippen LogP contribution is -2.46. The Morgan fingerprint density at radius 3 is 2.89 bits per heavy atom. The fraction of sp³-hybridized carbons (Fsp3) is 0.615. The van der Waals surface area contributed by atoms with Gasteiger partial charge in [0, 0.05) is 19.3 Å². The van der Waals surface area contributed by atoms with E-state index in [9.17, 15) is 9.90 Å². The van der Waals surface area contributed by atoms with E-state index in [0.29, 0.717) is 6.54 Å². The number of hydrogen-bond acceptors (Lipinski definition) is 4. The van der Waals surface area contributed by atoms with E-state index in [1.165, 1.54) is 0 Å². The molecule has 0 spiro atoms. The van der Waals surface area contributed by atoms with Crippen LogP contribution in [0, 0.1) is 19.3 Å². The Morgan fingerprint density at radius 2 is 2.22 bits per heavy atom. The van der Waals surface area contributed by atoms with Crippen LogP contribution in [-0.2, 0) is 4.79 Å². The lowest BCUT2D eigenvalue weighted by atomic mass is 9.82. The van der Waals surface area contributed by atoms with E-state index >= 15 is 0 Å². The van der Waals surface area contributed by atoms with Gasteiger partial charge in [0.1, 0.15) is 5.82 Å². The first-order chi connectivity index (χ1) is 8.42. The number of carbonyl (C=O) groups is 1. The minimum atomic E-state index is -0.731. The maximum Gasteiger partial charge on any atom is 0.311 e. The van der Waals surface area contributed by atoms with Crippen molar-refractivity contribution in [1.29, 1.82) is 0 Å². The molecule has 2 heterocycles. The number of piperidine rings is 1. The Labute approximate surface area is 107 Å². The summed E-state index contributed by atoms with van der Waals surface area (Å²) >= 11 is 0.